The van der Waals surface area contributed by atoms with Crippen LogP contribution in [0.5, 0.6) is 0 Å². The van der Waals surface area contributed by atoms with Crippen molar-refractivity contribution in [2.45, 2.75) is 25.9 Å². The Morgan fingerprint density at radius 2 is 1.18 bits per heavy atom. The lowest BCUT2D eigenvalue weighted by Gasteiger charge is -2.13. The van der Waals surface area contributed by atoms with Crippen LogP contribution >= 0.6 is 0 Å². The summed E-state index contributed by atoms with van der Waals surface area (Å²) in [4.78, 5) is 0. The summed E-state index contributed by atoms with van der Waals surface area (Å²) in [5.74, 6) is 0.526. The van der Waals surface area contributed by atoms with Crippen molar-refractivity contribution in [1.82, 2.24) is 0 Å². The van der Waals surface area contributed by atoms with Gasteiger partial charge in [-0.1, -0.05) is 68.4 Å². The predicted molar refractivity (Wildman–Crippen MR) is 71.0 cm³/mol. The summed E-state index contributed by atoms with van der Waals surface area (Å²) in [6.45, 7) is 4.34. The fourth-order valence-electron chi connectivity index (χ4n) is 1.89. The van der Waals surface area contributed by atoms with Gasteiger partial charge in [0.1, 0.15) is 6.10 Å². The van der Waals surface area contributed by atoms with Gasteiger partial charge in [-0.2, -0.15) is 0 Å². The topological polar surface area (TPSA) is 20.2 Å². The third kappa shape index (κ3) is 2.75. The molecule has 0 aliphatic rings. The standard InChI is InChI=1S/C16H18O/c1-12(2)13-8-10-15(11-9-13)16(17)14-6-4-3-5-7-14/h3-12,16-17H,1-2H3. The molecule has 1 nitrogen and oxygen atoms in total. The van der Waals surface area contributed by atoms with Gasteiger partial charge in [-0.15, -0.1) is 0 Å². The first-order chi connectivity index (χ1) is 8.18. The zero-order valence-corrected chi connectivity index (χ0v) is 10.3. The average molecular weight is 226 g/mol. The second kappa shape index (κ2) is 5.15. The van der Waals surface area contributed by atoms with Crippen molar-refractivity contribution in [3.05, 3.63) is 71.3 Å². The Morgan fingerprint density at radius 1 is 0.706 bits per heavy atom. The quantitative estimate of drug-likeness (QED) is 0.841. The molecule has 88 valence electrons. The molecule has 2 aromatic rings. The van der Waals surface area contributed by atoms with Gasteiger partial charge in [-0.3, -0.25) is 0 Å². The highest BCUT2D eigenvalue weighted by molar-refractivity contribution is 5.32. The van der Waals surface area contributed by atoms with E-state index < -0.39 is 6.10 Å². The summed E-state index contributed by atoms with van der Waals surface area (Å²) in [6.07, 6.45) is -0.530. The van der Waals surface area contributed by atoms with E-state index >= 15 is 0 Å². The molecule has 0 bridgehead atoms. The molecule has 0 saturated carbocycles. The number of aliphatic hydroxyl groups is 1. The largest absolute Gasteiger partial charge is 0.384 e. The second-order valence-electron chi connectivity index (χ2n) is 4.63. The lowest BCUT2D eigenvalue weighted by atomic mass is 9.97. The van der Waals surface area contributed by atoms with E-state index in [1.807, 2.05) is 42.5 Å². The summed E-state index contributed by atoms with van der Waals surface area (Å²) in [6, 6.07) is 17.9. The molecule has 2 rings (SSSR count). The highest BCUT2D eigenvalue weighted by atomic mass is 16.3. The van der Waals surface area contributed by atoms with Crippen molar-refractivity contribution in [2.24, 2.45) is 0 Å². The molecule has 0 saturated heterocycles. The van der Waals surface area contributed by atoms with E-state index in [2.05, 4.69) is 26.0 Å². The molecule has 1 N–H and O–H groups in total. The Balaban J connectivity index is 2.23. The Morgan fingerprint density at radius 3 is 1.71 bits per heavy atom. The van der Waals surface area contributed by atoms with Gasteiger partial charge in [0.25, 0.3) is 0 Å². The monoisotopic (exact) mass is 226 g/mol. The van der Waals surface area contributed by atoms with Crippen molar-refractivity contribution in [3.63, 3.8) is 0 Å². The Bertz CT molecular complexity index is 457. The fraction of sp³-hybridized carbons (Fsp3) is 0.250. The summed E-state index contributed by atoms with van der Waals surface area (Å²) in [7, 11) is 0. The highest BCUT2D eigenvalue weighted by Gasteiger charge is 2.09. The maximum atomic E-state index is 10.2. The van der Waals surface area contributed by atoms with Crippen molar-refractivity contribution in [3.8, 4) is 0 Å². The first-order valence-corrected chi connectivity index (χ1v) is 6.01. The number of rotatable bonds is 3. The normalized spacial score (nSPS) is 12.7. The minimum atomic E-state index is -0.530. The zero-order valence-electron chi connectivity index (χ0n) is 10.3. The third-order valence-electron chi connectivity index (χ3n) is 3.03. The van der Waals surface area contributed by atoms with Crippen LogP contribution in [0.2, 0.25) is 0 Å². The smallest absolute Gasteiger partial charge is 0.104 e. The molecule has 2 aromatic carbocycles. The van der Waals surface area contributed by atoms with Gasteiger partial charge in [0, 0.05) is 0 Å². The first kappa shape index (κ1) is 11.9. The summed E-state index contributed by atoms with van der Waals surface area (Å²) in [5.41, 5.74) is 3.18. The van der Waals surface area contributed by atoms with E-state index in [1.165, 1.54) is 5.56 Å². The van der Waals surface area contributed by atoms with Crippen LogP contribution in [0, 0.1) is 0 Å². The molecule has 1 atom stereocenters. The Hall–Kier alpha value is -1.60. The third-order valence-corrected chi connectivity index (χ3v) is 3.03. The van der Waals surface area contributed by atoms with E-state index in [0.29, 0.717) is 5.92 Å². The van der Waals surface area contributed by atoms with Gasteiger partial charge >= 0.3 is 0 Å². The number of hydrogen-bond donors (Lipinski definition) is 1. The summed E-state index contributed by atoms with van der Waals surface area (Å²) < 4.78 is 0. The fourth-order valence-corrected chi connectivity index (χ4v) is 1.89. The van der Waals surface area contributed by atoms with Gasteiger partial charge in [-0.05, 0) is 22.6 Å². The number of aliphatic hydroxyl groups excluding tert-OH is 1. The molecule has 0 aliphatic heterocycles. The molecule has 0 fully saturated rings. The van der Waals surface area contributed by atoms with Crippen LogP contribution in [-0.4, -0.2) is 5.11 Å². The second-order valence-corrected chi connectivity index (χ2v) is 4.63. The van der Waals surface area contributed by atoms with Gasteiger partial charge in [0.2, 0.25) is 0 Å². The van der Waals surface area contributed by atoms with Crippen molar-refractivity contribution in [1.29, 1.82) is 0 Å². The molecular weight excluding hydrogens is 208 g/mol. The molecule has 0 amide bonds. The molecular formula is C16H18O. The molecule has 0 aliphatic carbocycles. The van der Waals surface area contributed by atoms with Gasteiger partial charge in [0.05, 0.1) is 0 Å². The number of hydrogen-bond acceptors (Lipinski definition) is 1. The maximum absolute atomic E-state index is 10.2. The van der Waals surface area contributed by atoms with E-state index in [1.54, 1.807) is 0 Å². The van der Waals surface area contributed by atoms with Crippen molar-refractivity contribution >= 4 is 0 Å². The van der Waals surface area contributed by atoms with E-state index in [-0.39, 0.29) is 0 Å². The van der Waals surface area contributed by atoms with E-state index in [9.17, 15) is 5.11 Å². The Kier molecular flexibility index (Phi) is 3.60. The lowest BCUT2D eigenvalue weighted by molar-refractivity contribution is 0.220. The highest BCUT2D eigenvalue weighted by Crippen LogP contribution is 2.23. The Labute approximate surface area is 103 Å². The molecule has 0 aromatic heterocycles. The molecule has 0 radical (unpaired) electrons. The van der Waals surface area contributed by atoms with Crippen LogP contribution in [0.25, 0.3) is 0 Å². The van der Waals surface area contributed by atoms with Crippen LogP contribution in [0.4, 0.5) is 0 Å². The zero-order chi connectivity index (χ0) is 12.3. The van der Waals surface area contributed by atoms with E-state index in [4.69, 9.17) is 0 Å². The predicted octanol–water partition coefficient (Wildman–Crippen LogP) is 3.89. The maximum Gasteiger partial charge on any atom is 0.104 e. The summed E-state index contributed by atoms with van der Waals surface area (Å²) in [5, 5.41) is 10.2. The number of benzene rings is 2. The first-order valence-electron chi connectivity index (χ1n) is 6.01. The summed E-state index contributed by atoms with van der Waals surface area (Å²) >= 11 is 0. The van der Waals surface area contributed by atoms with Crippen LogP contribution in [0.15, 0.2) is 54.6 Å². The van der Waals surface area contributed by atoms with E-state index in [0.717, 1.165) is 11.1 Å². The van der Waals surface area contributed by atoms with Crippen LogP contribution in [0.3, 0.4) is 0 Å². The van der Waals surface area contributed by atoms with Crippen molar-refractivity contribution in [2.75, 3.05) is 0 Å². The SMILES string of the molecule is CC(C)c1ccc(C(O)c2ccccc2)cc1. The van der Waals surface area contributed by atoms with Gasteiger partial charge < -0.3 is 5.11 Å². The van der Waals surface area contributed by atoms with Crippen LogP contribution in [0.1, 0.15) is 42.6 Å². The molecule has 1 unspecified atom stereocenters. The van der Waals surface area contributed by atoms with Crippen molar-refractivity contribution < 1.29 is 5.11 Å². The van der Waals surface area contributed by atoms with Crippen LogP contribution in [-0.2, 0) is 0 Å². The average Bonchev–Trinajstić information content (AvgIpc) is 2.39. The lowest BCUT2D eigenvalue weighted by Crippen LogP contribution is -1.99. The molecule has 0 heterocycles. The minimum Gasteiger partial charge on any atom is -0.384 e. The van der Waals surface area contributed by atoms with Gasteiger partial charge in [-0.25, -0.2) is 0 Å². The molecule has 17 heavy (non-hydrogen) atoms. The van der Waals surface area contributed by atoms with Gasteiger partial charge in [0.15, 0.2) is 0 Å². The minimum absolute atomic E-state index is 0.526. The molecule has 1 heteroatoms. The molecule has 0 spiro atoms. The van der Waals surface area contributed by atoms with Crippen LogP contribution < -0.4 is 0 Å².